The zero-order chi connectivity index (χ0) is 26.5. The van der Waals surface area contributed by atoms with Gasteiger partial charge in [0.2, 0.25) is 10.0 Å². The van der Waals surface area contributed by atoms with E-state index in [4.69, 9.17) is 16.3 Å². The summed E-state index contributed by atoms with van der Waals surface area (Å²) in [5.74, 6) is -0.211. The maximum atomic E-state index is 13.1. The van der Waals surface area contributed by atoms with E-state index in [2.05, 4.69) is 29.0 Å². The van der Waals surface area contributed by atoms with Gasteiger partial charge in [0.1, 0.15) is 0 Å². The molecular formula is C30H36ClNO4S. The number of benzene rings is 3. The van der Waals surface area contributed by atoms with Crippen LogP contribution in [-0.4, -0.2) is 21.5 Å². The standard InChI is InChI=1S/C30H36ClNO4S/c1-36-30(33)15-9-13-25-16-18-26(19-17-25)29(32-37(34,35)28-22-20-27(31)21-23-28)14-8-3-2-5-10-24-11-6-4-7-12-24/h4,6-7,11-12,16-23,29,32H,2-3,5,8-10,13-15H2,1H3. The summed E-state index contributed by atoms with van der Waals surface area (Å²) in [5.41, 5.74) is 3.38. The minimum atomic E-state index is -3.70. The number of hydrogen-bond donors (Lipinski definition) is 1. The molecule has 0 aromatic heterocycles. The lowest BCUT2D eigenvalue weighted by Gasteiger charge is -2.20. The highest BCUT2D eigenvalue weighted by Crippen LogP contribution is 2.25. The quantitative estimate of drug-likeness (QED) is 0.165. The summed E-state index contributed by atoms with van der Waals surface area (Å²) in [6.07, 6.45) is 7.80. The zero-order valence-corrected chi connectivity index (χ0v) is 22.9. The fraction of sp³-hybridized carbons (Fsp3) is 0.367. The van der Waals surface area contributed by atoms with E-state index < -0.39 is 10.0 Å². The van der Waals surface area contributed by atoms with Crippen LogP contribution in [-0.2, 0) is 32.4 Å². The number of ether oxygens (including phenoxy) is 1. The number of halogens is 1. The maximum absolute atomic E-state index is 13.1. The number of aryl methyl sites for hydroxylation is 2. The molecule has 0 aliphatic carbocycles. The first-order chi connectivity index (χ1) is 17.9. The first-order valence-corrected chi connectivity index (χ1v) is 14.7. The Balaban J connectivity index is 1.61. The predicted molar refractivity (Wildman–Crippen MR) is 149 cm³/mol. The minimum absolute atomic E-state index is 0.198. The van der Waals surface area contributed by atoms with Gasteiger partial charge in [-0.2, -0.15) is 0 Å². The van der Waals surface area contributed by atoms with Gasteiger partial charge in [0.15, 0.2) is 0 Å². The topological polar surface area (TPSA) is 72.5 Å². The highest BCUT2D eigenvalue weighted by Gasteiger charge is 2.21. The Morgan fingerprint density at radius 3 is 2.11 bits per heavy atom. The van der Waals surface area contributed by atoms with Crippen LogP contribution in [0.25, 0.3) is 0 Å². The number of esters is 1. The molecule has 198 valence electrons. The van der Waals surface area contributed by atoms with Crippen molar-refractivity contribution >= 4 is 27.6 Å². The molecule has 0 amide bonds. The van der Waals surface area contributed by atoms with Crippen molar-refractivity contribution in [2.24, 2.45) is 0 Å². The van der Waals surface area contributed by atoms with Gasteiger partial charge in [-0.25, -0.2) is 13.1 Å². The van der Waals surface area contributed by atoms with Gasteiger partial charge in [0.25, 0.3) is 0 Å². The number of methoxy groups -OCH3 is 1. The maximum Gasteiger partial charge on any atom is 0.305 e. The molecule has 0 saturated carbocycles. The van der Waals surface area contributed by atoms with Gasteiger partial charge in [-0.15, -0.1) is 0 Å². The second-order valence-electron chi connectivity index (χ2n) is 9.24. The van der Waals surface area contributed by atoms with E-state index in [9.17, 15) is 13.2 Å². The number of carbonyl (C=O) groups is 1. The lowest BCUT2D eigenvalue weighted by molar-refractivity contribution is -0.140. The Bertz CT molecular complexity index is 1200. The number of rotatable bonds is 15. The molecule has 0 heterocycles. The number of sulfonamides is 1. The summed E-state index contributed by atoms with van der Waals surface area (Å²) in [5, 5.41) is 0.494. The van der Waals surface area contributed by atoms with Gasteiger partial charge in [-0.05, 0) is 73.1 Å². The summed E-state index contributed by atoms with van der Waals surface area (Å²) >= 11 is 5.95. The lowest BCUT2D eigenvalue weighted by atomic mass is 9.98. The summed E-state index contributed by atoms with van der Waals surface area (Å²) in [7, 11) is -2.31. The van der Waals surface area contributed by atoms with Gasteiger partial charge in [0, 0.05) is 17.5 Å². The molecular weight excluding hydrogens is 506 g/mol. The average molecular weight is 542 g/mol. The molecule has 3 rings (SSSR count). The molecule has 37 heavy (non-hydrogen) atoms. The molecule has 1 unspecified atom stereocenters. The molecule has 7 heteroatoms. The number of carbonyl (C=O) groups excluding carboxylic acids is 1. The van der Waals surface area contributed by atoms with E-state index in [1.807, 2.05) is 30.3 Å². The Labute approximate surface area is 226 Å². The van der Waals surface area contributed by atoms with Gasteiger partial charge >= 0.3 is 5.97 Å². The number of hydrogen-bond acceptors (Lipinski definition) is 4. The van der Waals surface area contributed by atoms with Crippen molar-refractivity contribution in [3.63, 3.8) is 0 Å². The molecule has 0 radical (unpaired) electrons. The van der Waals surface area contributed by atoms with Crippen LogP contribution in [0, 0.1) is 0 Å². The predicted octanol–water partition coefficient (Wildman–Crippen LogP) is 7.05. The van der Waals surface area contributed by atoms with Gasteiger partial charge < -0.3 is 4.74 Å². The van der Waals surface area contributed by atoms with Gasteiger partial charge in [0.05, 0.1) is 12.0 Å². The van der Waals surface area contributed by atoms with Crippen molar-refractivity contribution in [2.75, 3.05) is 7.11 Å². The molecule has 3 aromatic rings. The first kappa shape index (κ1) is 28.9. The average Bonchev–Trinajstić information content (AvgIpc) is 2.91. The molecule has 0 spiro atoms. The van der Waals surface area contributed by atoms with Crippen molar-refractivity contribution in [3.8, 4) is 0 Å². The molecule has 1 N–H and O–H groups in total. The van der Waals surface area contributed by atoms with Crippen LogP contribution in [0.3, 0.4) is 0 Å². The number of unbranched alkanes of at least 4 members (excludes halogenated alkanes) is 3. The molecule has 0 aliphatic heterocycles. The normalized spacial score (nSPS) is 12.3. The van der Waals surface area contributed by atoms with E-state index in [-0.39, 0.29) is 16.9 Å². The minimum Gasteiger partial charge on any atom is -0.469 e. The van der Waals surface area contributed by atoms with Crippen LogP contribution < -0.4 is 4.72 Å². The van der Waals surface area contributed by atoms with Crippen LogP contribution in [0.15, 0.2) is 83.8 Å². The van der Waals surface area contributed by atoms with Crippen LogP contribution >= 0.6 is 11.6 Å². The fourth-order valence-corrected chi connectivity index (χ4v) is 5.68. The molecule has 0 saturated heterocycles. The summed E-state index contributed by atoms with van der Waals surface area (Å²) < 4.78 is 33.9. The highest BCUT2D eigenvalue weighted by molar-refractivity contribution is 7.89. The zero-order valence-electron chi connectivity index (χ0n) is 21.4. The van der Waals surface area contributed by atoms with Crippen molar-refractivity contribution < 1.29 is 17.9 Å². The van der Waals surface area contributed by atoms with E-state index in [0.29, 0.717) is 24.3 Å². The third-order valence-corrected chi connectivity index (χ3v) is 8.17. The Hall–Kier alpha value is -2.67. The first-order valence-electron chi connectivity index (χ1n) is 12.8. The van der Waals surface area contributed by atoms with E-state index in [1.54, 1.807) is 12.1 Å². The van der Waals surface area contributed by atoms with Crippen LogP contribution in [0.5, 0.6) is 0 Å². The summed E-state index contributed by atoms with van der Waals surface area (Å²) in [4.78, 5) is 11.6. The van der Waals surface area contributed by atoms with E-state index in [1.165, 1.54) is 24.8 Å². The van der Waals surface area contributed by atoms with E-state index in [0.717, 1.165) is 49.7 Å². The van der Waals surface area contributed by atoms with Gasteiger partial charge in [-0.3, -0.25) is 4.79 Å². The lowest BCUT2D eigenvalue weighted by Crippen LogP contribution is -2.28. The van der Waals surface area contributed by atoms with E-state index >= 15 is 0 Å². The molecule has 0 bridgehead atoms. The van der Waals surface area contributed by atoms with Crippen molar-refractivity contribution in [1.29, 1.82) is 0 Å². The Morgan fingerprint density at radius 1 is 0.811 bits per heavy atom. The number of nitrogens with one attached hydrogen (secondary N) is 1. The molecule has 3 aromatic carbocycles. The molecule has 0 aliphatic rings. The second-order valence-corrected chi connectivity index (χ2v) is 11.4. The summed E-state index contributed by atoms with van der Waals surface area (Å²) in [6.45, 7) is 0. The highest BCUT2D eigenvalue weighted by atomic mass is 35.5. The van der Waals surface area contributed by atoms with Gasteiger partial charge in [-0.1, -0.05) is 85.5 Å². The smallest absolute Gasteiger partial charge is 0.305 e. The largest absolute Gasteiger partial charge is 0.469 e. The van der Waals surface area contributed by atoms with Crippen molar-refractivity contribution in [3.05, 3.63) is 101 Å². The third kappa shape index (κ3) is 9.95. The second kappa shape index (κ2) is 14.9. The van der Waals surface area contributed by atoms with Crippen LogP contribution in [0.2, 0.25) is 5.02 Å². The monoisotopic (exact) mass is 541 g/mol. The Kier molecular flexibility index (Phi) is 11.6. The van der Waals surface area contributed by atoms with Crippen molar-refractivity contribution in [1.82, 2.24) is 4.72 Å². The molecule has 5 nitrogen and oxygen atoms in total. The van der Waals surface area contributed by atoms with Crippen LogP contribution in [0.1, 0.15) is 67.7 Å². The van der Waals surface area contributed by atoms with Crippen molar-refractivity contribution in [2.45, 2.75) is 68.7 Å². The Morgan fingerprint density at radius 2 is 1.43 bits per heavy atom. The van der Waals surface area contributed by atoms with Crippen LogP contribution in [0.4, 0.5) is 0 Å². The molecule has 0 fully saturated rings. The molecule has 1 atom stereocenters. The SMILES string of the molecule is COC(=O)CCCc1ccc(C(CCCCCCc2ccccc2)NS(=O)(=O)c2ccc(Cl)cc2)cc1. The summed E-state index contributed by atoms with van der Waals surface area (Å²) in [6, 6.07) is 24.3. The third-order valence-electron chi connectivity index (χ3n) is 6.43. The fourth-order valence-electron chi connectivity index (χ4n) is 4.29.